The van der Waals surface area contributed by atoms with E-state index in [1.165, 1.54) is 12.3 Å². The van der Waals surface area contributed by atoms with E-state index < -0.39 is 54.5 Å². The van der Waals surface area contributed by atoms with Crippen molar-refractivity contribution < 1.29 is 62.1 Å². The average Bonchev–Trinajstić information content (AvgIpc) is 3.95. The van der Waals surface area contributed by atoms with Crippen LogP contribution in [0.1, 0.15) is 121 Å². The van der Waals surface area contributed by atoms with Gasteiger partial charge in [0.2, 0.25) is 5.89 Å². The Morgan fingerprint density at radius 2 is 1.79 bits per heavy atom. The zero-order chi connectivity index (χ0) is 48.5. The number of hydrogen-bond acceptors (Lipinski definition) is 15. The van der Waals surface area contributed by atoms with Gasteiger partial charge < -0.3 is 57.3 Å². The maximum Gasteiger partial charge on any atom is 0.330 e. The smallest absolute Gasteiger partial charge is 0.330 e. The summed E-state index contributed by atoms with van der Waals surface area (Å²) >= 11 is 0. The van der Waals surface area contributed by atoms with Gasteiger partial charge >= 0.3 is 5.97 Å². The van der Waals surface area contributed by atoms with Crippen LogP contribution >= 0.6 is 0 Å². The van der Waals surface area contributed by atoms with Gasteiger partial charge in [-0.1, -0.05) is 62.0 Å². The Morgan fingerprint density at radius 3 is 2.57 bits per heavy atom. The van der Waals surface area contributed by atoms with Crippen LogP contribution in [0, 0.1) is 24.2 Å². The van der Waals surface area contributed by atoms with E-state index in [0.717, 1.165) is 16.7 Å². The fourth-order valence-electron chi connectivity index (χ4n) is 10.3. The molecule has 4 saturated heterocycles. The number of carbonyl (C=O) groups excluding carboxylic acids is 1. The molecular weight excluding hydrogens is 873 g/mol. The van der Waals surface area contributed by atoms with E-state index in [2.05, 4.69) is 12.5 Å². The van der Waals surface area contributed by atoms with Crippen molar-refractivity contribution in [1.82, 2.24) is 9.97 Å². The normalized spacial score (nSPS) is 35.3. The summed E-state index contributed by atoms with van der Waals surface area (Å²) in [4.78, 5) is 23.0. The highest BCUT2D eigenvalue weighted by Crippen LogP contribution is 2.40. The number of aliphatic hydroxyl groups is 3. The molecule has 2 aromatic rings. The number of aromatic nitrogens is 2. The maximum absolute atomic E-state index is 13.5. The summed E-state index contributed by atoms with van der Waals surface area (Å²) in [5, 5.41) is 33.8. The van der Waals surface area contributed by atoms with Gasteiger partial charge in [-0.15, -0.1) is 12.3 Å². The molecule has 0 unspecified atom stereocenters. The van der Waals surface area contributed by atoms with Crippen molar-refractivity contribution in [1.29, 1.82) is 0 Å². The summed E-state index contributed by atoms with van der Waals surface area (Å²) in [5.41, 5.74) is 3.81. The lowest BCUT2D eigenvalue weighted by molar-refractivity contribution is -0.286. The number of fused-ring (bicyclic) bond motifs is 9. The van der Waals surface area contributed by atoms with Gasteiger partial charge in [0.1, 0.15) is 36.1 Å². The third kappa shape index (κ3) is 13.6. The van der Waals surface area contributed by atoms with Gasteiger partial charge in [0.05, 0.1) is 67.5 Å². The van der Waals surface area contributed by atoms with Crippen LogP contribution in [0.5, 0.6) is 0 Å². The number of carbonyl (C=O) groups is 1. The predicted octanol–water partition coefficient (Wildman–Crippen LogP) is 7.48. The zero-order valence-electron chi connectivity index (χ0n) is 40.2. The number of allylic oxidation sites excluding steroid dienone is 2. The number of terminal acetylenes is 1. The Labute approximate surface area is 400 Å². The molecule has 68 heavy (non-hydrogen) atoms. The van der Waals surface area contributed by atoms with E-state index in [1.807, 2.05) is 58.1 Å². The zero-order valence-corrected chi connectivity index (χ0v) is 40.2. The number of oxazole rings is 2. The van der Waals surface area contributed by atoms with Crippen LogP contribution in [0.4, 0.5) is 0 Å². The molecule has 5 aliphatic heterocycles. The molecule has 15 nitrogen and oxygen atoms in total. The summed E-state index contributed by atoms with van der Waals surface area (Å²) in [5.74, 6) is 0.609. The molecule has 15 heteroatoms. The summed E-state index contributed by atoms with van der Waals surface area (Å²) in [6.07, 6.45) is 22.3. The Kier molecular flexibility index (Phi) is 17.7. The minimum Gasteiger partial charge on any atom is -0.458 e. The van der Waals surface area contributed by atoms with E-state index in [9.17, 15) is 20.1 Å². The second kappa shape index (κ2) is 23.4. The number of esters is 1. The van der Waals surface area contributed by atoms with Gasteiger partial charge in [-0.05, 0) is 63.7 Å². The van der Waals surface area contributed by atoms with Gasteiger partial charge in [-0.25, -0.2) is 14.8 Å². The molecule has 15 atom stereocenters. The molecule has 7 heterocycles. The van der Waals surface area contributed by atoms with Crippen molar-refractivity contribution in [2.24, 2.45) is 11.8 Å². The number of aliphatic hydroxyl groups excluding tert-OH is 2. The van der Waals surface area contributed by atoms with Gasteiger partial charge in [-0.3, -0.25) is 0 Å². The second-order valence-electron chi connectivity index (χ2n) is 19.3. The van der Waals surface area contributed by atoms with Crippen molar-refractivity contribution in [3.8, 4) is 12.3 Å². The molecule has 7 rings (SSSR count). The van der Waals surface area contributed by atoms with Crippen molar-refractivity contribution >= 4 is 18.1 Å². The van der Waals surface area contributed by atoms with E-state index in [-0.39, 0.29) is 61.1 Å². The lowest BCUT2D eigenvalue weighted by atomic mass is 9.79. The largest absolute Gasteiger partial charge is 0.458 e. The molecule has 0 radical (unpaired) electrons. The average molecular weight is 943 g/mol. The van der Waals surface area contributed by atoms with E-state index in [0.29, 0.717) is 75.1 Å². The van der Waals surface area contributed by atoms with Crippen LogP contribution in [0.25, 0.3) is 12.2 Å². The van der Waals surface area contributed by atoms with Crippen LogP contribution in [0.15, 0.2) is 81.1 Å². The van der Waals surface area contributed by atoms with Crippen molar-refractivity contribution in [2.45, 2.75) is 177 Å². The molecule has 0 saturated carbocycles. The van der Waals surface area contributed by atoms with E-state index >= 15 is 0 Å². The number of ether oxygens (including phenoxy) is 7. The number of nitrogens with zero attached hydrogens (tertiary/aromatic N) is 2. The first-order valence-corrected chi connectivity index (χ1v) is 24.0. The SMILES string of the molecule is C#CC[C@H](C=CC(C)=C[C@@H](O)[C@H]1C[C@@H](OC)C[C@@](O)(Cc2nc(C=C(C)[C@@H]3O[C@@H]4CC=Cc5nc(co5)[C@H]5C[C@H](O)C[C@@H](C[C@H]6CC(=C)C[C@H](CC=CC(=O)O[C@@H]([C@H]4C)[C@H]3C)O6)O5)co2)O1)OC. The predicted molar refractivity (Wildman–Crippen MR) is 252 cm³/mol. The minimum absolute atomic E-state index is 0.0919. The van der Waals surface area contributed by atoms with Crippen LogP contribution in [0.2, 0.25) is 0 Å². The highest BCUT2D eigenvalue weighted by molar-refractivity contribution is 5.82. The Bertz CT molecular complexity index is 2220. The van der Waals surface area contributed by atoms with E-state index in [4.69, 9.17) is 58.4 Å². The highest BCUT2D eigenvalue weighted by atomic mass is 16.6. The fraction of sp³-hybridized carbons (Fsp3) is 0.604. The van der Waals surface area contributed by atoms with Gasteiger partial charge in [0.15, 0.2) is 11.7 Å². The molecule has 370 valence electrons. The van der Waals surface area contributed by atoms with Crippen LogP contribution in [0.3, 0.4) is 0 Å². The summed E-state index contributed by atoms with van der Waals surface area (Å²) in [6.45, 7) is 12.1. The maximum atomic E-state index is 13.5. The molecule has 5 aliphatic rings. The summed E-state index contributed by atoms with van der Waals surface area (Å²) in [6, 6.07) is 0. The Morgan fingerprint density at radius 1 is 1.00 bits per heavy atom. The molecule has 0 aromatic carbocycles. The molecule has 4 fully saturated rings. The van der Waals surface area contributed by atoms with Gasteiger partial charge in [-0.2, -0.15) is 0 Å². The summed E-state index contributed by atoms with van der Waals surface area (Å²) in [7, 11) is 3.15. The Hall–Kier alpha value is -4.47. The van der Waals surface area contributed by atoms with Crippen molar-refractivity contribution in [3.63, 3.8) is 0 Å². The lowest BCUT2D eigenvalue weighted by Crippen LogP contribution is -2.51. The number of hydrogen-bond donors (Lipinski definition) is 3. The third-order valence-electron chi connectivity index (χ3n) is 13.7. The van der Waals surface area contributed by atoms with Crippen LogP contribution in [-0.2, 0) is 44.4 Å². The topological polar surface area (TPSA) is 194 Å². The van der Waals surface area contributed by atoms with Gasteiger partial charge in [0, 0.05) is 64.2 Å². The minimum atomic E-state index is -1.74. The molecule has 0 amide bonds. The summed E-state index contributed by atoms with van der Waals surface area (Å²) < 4.78 is 55.0. The quantitative estimate of drug-likeness (QED) is 0.0868. The standard InChI is InChI=1S/C53H70N2O13/c1-9-12-38(60-7)18-17-31(2)21-44(57)47-26-42(61-8)27-53(59,68-47)28-49-54-36(29-62-49)22-33(4)51-35(6)52-34(5)45(66-51)14-11-15-48-55-43(30-63-48)46-24-37(56)23-41(65-46)25-40-20-32(3)19-39(64-40)13-10-16-50(58)67-52/h1,10-11,15-18,21-22,29-30,34-35,37-42,44-47,51-52,56-57,59H,3,12-14,19-20,23-28H2,2,4-8H3/t34-,35-,37+,38+,39-,40+,41-,42+,44+,45+,46+,47+,51-,52-,53-/m0/s1. The van der Waals surface area contributed by atoms with Crippen molar-refractivity contribution in [3.05, 3.63) is 95.4 Å². The molecule has 3 N–H and O–H groups in total. The van der Waals surface area contributed by atoms with Crippen LogP contribution in [-0.4, -0.2) is 118 Å². The van der Waals surface area contributed by atoms with Gasteiger partial charge in [0.25, 0.3) is 0 Å². The molecule has 0 spiro atoms. The number of rotatable bonds is 11. The molecule has 0 aliphatic carbocycles. The van der Waals surface area contributed by atoms with Crippen LogP contribution < -0.4 is 0 Å². The lowest BCUT2D eigenvalue weighted by Gasteiger charge is -2.44. The second-order valence-corrected chi connectivity index (χ2v) is 19.3. The third-order valence-corrected chi connectivity index (χ3v) is 13.7. The first kappa shape index (κ1) is 51.4. The molecule has 2 aromatic heterocycles. The molecular formula is C53H70N2O13. The molecule has 8 bridgehead atoms. The first-order chi connectivity index (χ1) is 32.6. The fourth-order valence-corrected chi connectivity index (χ4v) is 10.3. The first-order valence-electron chi connectivity index (χ1n) is 24.0. The van der Waals surface area contributed by atoms with E-state index in [1.54, 1.807) is 32.6 Å². The highest BCUT2D eigenvalue weighted by Gasteiger charge is 2.45. The Balaban J connectivity index is 1.07. The number of methoxy groups -OCH3 is 2. The monoisotopic (exact) mass is 942 g/mol. The van der Waals surface area contributed by atoms with Crippen molar-refractivity contribution in [2.75, 3.05) is 14.2 Å².